The van der Waals surface area contributed by atoms with E-state index in [4.69, 9.17) is 3.97 Å². The van der Waals surface area contributed by atoms with Crippen molar-refractivity contribution in [1.82, 2.24) is 0 Å². The van der Waals surface area contributed by atoms with Gasteiger partial charge in [-0.2, -0.15) is 0 Å². The van der Waals surface area contributed by atoms with E-state index in [9.17, 15) is 8.42 Å². The number of hydrogen-bond acceptors (Lipinski definition) is 3. The van der Waals surface area contributed by atoms with Crippen molar-refractivity contribution in [2.45, 2.75) is 187 Å². The van der Waals surface area contributed by atoms with E-state index in [1.165, 1.54) is 128 Å². The second-order valence-corrected chi connectivity index (χ2v) is 21.1. The molecular weight excluding hydrogens is 567 g/mol. The molecule has 0 saturated heterocycles. The standard InChI is InChI=1S/C38H73O3PS/c1-5-9-13-17-21-28-34-42(35-29-22-18-14-10-6-2,36-30-23-19-15-11-7-3,37-31-24-20-16-12-8-4)41-43(39,40)38-32-26-25-27-33-38/h25-27,32-33H,5-24,28-31,34-37H2,1-4H3. The zero-order valence-electron chi connectivity index (χ0n) is 29.3. The van der Waals surface area contributed by atoms with Gasteiger partial charge in [0.1, 0.15) is 0 Å². The van der Waals surface area contributed by atoms with Crippen LogP contribution in [0.4, 0.5) is 0 Å². The van der Waals surface area contributed by atoms with E-state index in [2.05, 4.69) is 27.7 Å². The van der Waals surface area contributed by atoms with E-state index in [0.29, 0.717) is 4.90 Å². The van der Waals surface area contributed by atoms with Gasteiger partial charge in [-0.25, -0.2) is 0 Å². The Kier molecular flexibility index (Phi) is 23.4. The Hall–Kier alpha value is -0.440. The van der Waals surface area contributed by atoms with E-state index in [1.54, 1.807) is 12.1 Å². The quantitative estimate of drug-likeness (QED) is 0.0599. The van der Waals surface area contributed by atoms with Crippen molar-refractivity contribution in [3.05, 3.63) is 30.3 Å². The van der Waals surface area contributed by atoms with Gasteiger partial charge < -0.3 is 0 Å². The Morgan fingerprint density at radius 2 is 0.721 bits per heavy atom. The van der Waals surface area contributed by atoms with Crippen LogP contribution in [0.25, 0.3) is 0 Å². The van der Waals surface area contributed by atoms with Crippen LogP contribution in [0.15, 0.2) is 35.2 Å². The summed E-state index contributed by atoms with van der Waals surface area (Å²) in [5.74, 6) is 0. The van der Waals surface area contributed by atoms with Crippen molar-refractivity contribution < 1.29 is 12.4 Å². The molecule has 1 aromatic rings. The molecule has 0 amide bonds. The van der Waals surface area contributed by atoms with E-state index in [0.717, 1.165) is 50.3 Å². The Bertz CT molecular complexity index is 795. The van der Waals surface area contributed by atoms with Crippen LogP contribution in [0.2, 0.25) is 0 Å². The molecule has 0 unspecified atom stereocenters. The Balaban J connectivity index is 3.39. The second-order valence-electron chi connectivity index (χ2n) is 13.7. The van der Waals surface area contributed by atoms with Crippen LogP contribution >= 0.6 is 6.83 Å². The zero-order valence-corrected chi connectivity index (χ0v) is 31.0. The van der Waals surface area contributed by atoms with Gasteiger partial charge in [0.2, 0.25) is 0 Å². The van der Waals surface area contributed by atoms with Crippen molar-refractivity contribution in [1.29, 1.82) is 0 Å². The normalized spacial score (nSPS) is 13.3. The molecule has 0 saturated carbocycles. The van der Waals surface area contributed by atoms with Crippen LogP contribution in [0.1, 0.15) is 182 Å². The van der Waals surface area contributed by atoms with Crippen molar-refractivity contribution in [3.8, 4) is 0 Å². The molecule has 0 aliphatic carbocycles. The van der Waals surface area contributed by atoms with Crippen molar-refractivity contribution in [2.75, 3.05) is 24.6 Å². The summed E-state index contributed by atoms with van der Waals surface area (Å²) in [7, 11) is -3.82. The van der Waals surface area contributed by atoms with Crippen LogP contribution in [0.5, 0.6) is 0 Å². The third-order valence-corrected chi connectivity index (χ3v) is 18.8. The first kappa shape index (κ1) is 40.6. The SMILES string of the molecule is CCCCCCCCP(CCCCCCCC)(CCCCCCCC)(CCCCCCCC)OS(=O)(=O)c1ccccc1. The topological polar surface area (TPSA) is 43.4 Å². The van der Waals surface area contributed by atoms with Crippen LogP contribution in [0.3, 0.4) is 0 Å². The average Bonchev–Trinajstić information content (AvgIpc) is 3.01. The fraction of sp³-hybridized carbons (Fsp3) is 0.842. The van der Waals surface area contributed by atoms with Gasteiger partial charge in [-0.3, -0.25) is 0 Å². The van der Waals surface area contributed by atoms with Crippen LogP contribution in [-0.4, -0.2) is 33.1 Å². The maximum atomic E-state index is 14.2. The maximum absolute atomic E-state index is 14.2. The molecule has 0 spiro atoms. The summed E-state index contributed by atoms with van der Waals surface area (Å²) in [4.78, 5) is 0.348. The first-order valence-electron chi connectivity index (χ1n) is 18.9. The summed E-state index contributed by atoms with van der Waals surface area (Å²) >= 11 is 0. The van der Waals surface area contributed by atoms with Crippen LogP contribution in [-0.2, 0) is 14.1 Å². The van der Waals surface area contributed by atoms with E-state index in [-0.39, 0.29) is 0 Å². The molecule has 0 atom stereocenters. The third kappa shape index (κ3) is 17.7. The molecular formula is C38H73O3PS. The molecule has 0 aliphatic rings. The van der Waals surface area contributed by atoms with Crippen LogP contribution in [0, 0.1) is 0 Å². The van der Waals surface area contributed by atoms with Gasteiger partial charge in [0.15, 0.2) is 0 Å². The Morgan fingerprint density at radius 1 is 0.442 bits per heavy atom. The molecule has 0 fully saturated rings. The fourth-order valence-electron chi connectivity index (χ4n) is 6.90. The second kappa shape index (κ2) is 24.7. The summed E-state index contributed by atoms with van der Waals surface area (Å²) in [6.45, 7) is 6.06. The third-order valence-electron chi connectivity index (χ3n) is 9.65. The van der Waals surface area contributed by atoms with Crippen molar-refractivity contribution in [3.63, 3.8) is 0 Å². The number of unbranched alkanes of at least 4 members (excludes halogenated alkanes) is 20. The van der Waals surface area contributed by atoms with Gasteiger partial charge in [0.05, 0.1) is 0 Å². The van der Waals surface area contributed by atoms with Crippen molar-refractivity contribution in [2.24, 2.45) is 0 Å². The first-order chi connectivity index (χ1) is 20.9. The molecule has 1 rings (SSSR count). The number of benzene rings is 1. The molecule has 0 bridgehead atoms. The monoisotopic (exact) mass is 641 g/mol. The van der Waals surface area contributed by atoms with Gasteiger partial charge in [0.25, 0.3) is 0 Å². The molecule has 0 N–H and O–H groups in total. The van der Waals surface area contributed by atoms with Gasteiger partial charge in [-0.1, -0.05) is 0 Å². The molecule has 254 valence electrons. The molecule has 0 aliphatic heterocycles. The molecule has 0 radical (unpaired) electrons. The number of rotatable bonds is 31. The number of hydrogen-bond donors (Lipinski definition) is 0. The zero-order chi connectivity index (χ0) is 31.6. The van der Waals surface area contributed by atoms with Gasteiger partial charge in [-0.15, -0.1) is 0 Å². The van der Waals surface area contributed by atoms with Crippen molar-refractivity contribution >= 4 is 16.9 Å². The summed E-state index contributed by atoms with van der Waals surface area (Å²) in [5, 5.41) is 0. The van der Waals surface area contributed by atoms with Gasteiger partial charge in [0, 0.05) is 0 Å². The Morgan fingerprint density at radius 3 is 1.02 bits per heavy atom. The first-order valence-corrected chi connectivity index (χ1v) is 23.2. The molecule has 3 nitrogen and oxygen atoms in total. The van der Waals surface area contributed by atoms with Crippen LogP contribution < -0.4 is 0 Å². The summed E-state index contributed by atoms with van der Waals surface area (Å²) < 4.78 is 35.3. The molecule has 5 heteroatoms. The summed E-state index contributed by atoms with van der Waals surface area (Å²) in [6.07, 6.45) is 33.7. The molecule has 43 heavy (non-hydrogen) atoms. The summed E-state index contributed by atoms with van der Waals surface area (Å²) in [6, 6.07) is 9.07. The predicted octanol–water partition coefficient (Wildman–Crippen LogP) is 13.3. The van der Waals surface area contributed by atoms with E-state index in [1.807, 2.05) is 18.2 Å². The fourth-order valence-corrected chi connectivity index (χ4v) is 16.6. The minimum absolute atomic E-state index is 0.348. The summed E-state index contributed by atoms with van der Waals surface area (Å²) in [5.41, 5.74) is 0. The van der Waals surface area contributed by atoms with E-state index < -0.39 is 16.9 Å². The molecule has 0 heterocycles. The molecule has 0 aromatic heterocycles. The van der Waals surface area contributed by atoms with E-state index >= 15 is 0 Å². The van der Waals surface area contributed by atoms with Gasteiger partial charge >= 0.3 is 271 Å². The minimum atomic E-state index is -3.82. The average molecular weight is 641 g/mol. The molecule has 1 aromatic carbocycles. The van der Waals surface area contributed by atoms with Gasteiger partial charge in [-0.05, 0) is 0 Å². The Labute approximate surface area is 270 Å². The predicted molar refractivity (Wildman–Crippen MR) is 195 cm³/mol.